The Hall–Kier alpha value is -1.23. The van der Waals surface area contributed by atoms with Gasteiger partial charge in [-0.1, -0.05) is 12.1 Å². The zero-order valence-electron chi connectivity index (χ0n) is 10.5. The highest BCUT2D eigenvalue weighted by Crippen LogP contribution is 2.25. The molecule has 1 fully saturated rings. The Balaban J connectivity index is 2.01. The second-order valence-electron chi connectivity index (χ2n) is 4.66. The van der Waals surface area contributed by atoms with Gasteiger partial charge in [-0.3, -0.25) is 4.79 Å². The van der Waals surface area contributed by atoms with Crippen LogP contribution in [0.4, 0.5) is 0 Å². The second-order valence-corrected chi connectivity index (χ2v) is 4.66. The molecule has 2 rings (SSSR count). The van der Waals surface area contributed by atoms with E-state index >= 15 is 0 Å². The minimum Gasteiger partial charge on any atom is -0.339 e. The SMILES string of the molecule is CCN1CCCC(c2nc(CC(C)=O)no2)C1. The molecule has 5 heteroatoms. The number of hydrogen-bond acceptors (Lipinski definition) is 5. The van der Waals surface area contributed by atoms with Crippen LogP contribution in [0.2, 0.25) is 0 Å². The van der Waals surface area contributed by atoms with Crippen LogP contribution in [0, 0.1) is 0 Å². The van der Waals surface area contributed by atoms with Gasteiger partial charge in [-0.25, -0.2) is 0 Å². The van der Waals surface area contributed by atoms with Gasteiger partial charge in [-0.05, 0) is 32.9 Å². The number of carbonyl (C=O) groups is 1. The number of likely N-dealkylation sites (tertiary alicyclic amines) is 1. The van der Waals surface area contributed by atoms with Crippen molar-refractivity contribution in [3.8, 4) is 0 Å². The lowest BCUT2D eigenvalue weighted by Crippen LogP contribution is -2.34. The van der Waals surface area contributed by atoms with E-state index < -0.39 is 0 Å². The lowest BCUT2D eigenvalue weighted by molar-refractivity contribution is -0.116. The smallest absolute Gasteiger partial charge is 0.231 e. The number of Topliss-reactive ketones (excluding diaryl/α,β-unsaturated/α-hetero) is 1. The fourth-order valence-corrected chi connectivity index (χ4v) is 2.27. The standard InChI is InChI=1S/C12H19N3O2/c1-3-15-6-4-5-10(8-15)12-13-11(14-17-12)7-9(2)16/h10H,3-8H2,1-2H3. The molecule has 0 bridgehead atoms. The Kier molecular flexibility index (Phi) is 3.89. The van der Waals surface area contributed by atoms with E-state index in [1.807, 2.05) is 0 Å². The zero-order chi connectivity index (χ0) is 12.3. The van der Waals surface area contributed by atoms with Crippen molar-refractivity contribution in [3.05, 3.63) is 11.7 Å². The van der Waals surface area contributed by atoms with Gasteiger partial charge in [-0.15, -0.1) is 0 Å². The average Bonchev–Trinajstić information content (AvgIpc) is 2.77. The van der Waals surface area contributed by atoms with Gasteiger partial charge in [0.15, 0.2) is 5.82 Å². The maximum atomic E-state index is 11.0. The lowest BCUT2D eigenvalue weighted by Gasteiger charge is -2.29. The fraction of sp³-hybridized carbons (Fsp3) is 0.750. The number of rotatable bonds is 4. The molecule has 17 heavy (non-hydrogen) atoms. The molecule has 1 aromatic rings. The van der Waals surface area contributed by atoms with Crippen molar-refractivity contribution in [2.75, 3.05) is 19.6 Å². The van der Waals surface area contributed by atoms with Gasteiger partial charge < -0.3 is 9.42 Å². The molecule has 94 valence electrons. The molecular weight excluding hydrogens is 218 g/mol. The van der Waals surface area contributed by atoms with E-state index in [9.17, 15) is 4.79 Å². The van der Waals surface area contributed by atoms with Crippen LogP contribution in [0.15, 0.2) is 4.52 Å². The van der Waals surface area contributed by atoms with Crippen LogP contribution < -0.4 is 0 Å². The van der Waals surface area contributed by atoms with Crippen molar-refractivity contribution in [3.63, 3.8) is 0 Å². The molecule has 2 heterocycles. The molecule has 1 aliphatic rings. The van der Waals surface area contributed by atoms with E-state index in [0.717, 1.165) is 26.1 Å². The minimum absolute atomic E-state index is 0.0659. The summed E-state index contributed by atoms with van der Waals surface area (Å²) in [5.74, 6) is 1.61. The van der Waals surface area contributed by atoms with Gasteiger partial charge in [-0.2, -0.15) is 4.98 Å². The van der Waals surface area contributed by atoms with E-state index in [0.29, 0.717) is 17.6 Å². The monoisotopic (exact) mass is 237 g/mol. The number of carbonyl (C=O) groups excluding carboxylic acids is 1. The highest BCUT2D eigenvalue weighted by molar-refractivity contribution is 5.77. The highest BCUT2D eigenvalue weighted by Gasteiger charge is 2.25. The summed E-state index contributed by atoms with van der Waals surface area (Å²) < 4.78 is 5.26. The zero-order valence-corrected chi connectivity index (χ0v) is 10.5. The van der Waals surface area contributed by atoms with Gasteiger partial charge in [0.1, 0.15) is 5.78 Å². The first kappa shape index (κ1) is 12.2. The molecule has 0 spiro atoms. The Bertz CT molecular complexity index is 389. The van der Waals surface area contributed by atoms with E-state index in [1.54, 1.807) is 0 Å². The van der Waals surface area contributed by atoms with E-state index in [4.69, 9.17) is 4.52 Å². The number of likely N-dealkylation sites (N-methyl/N-ethyl adjacent to an activating group) is 1. The van der Waals surface area contributed by atoms with Gasteiger partial charge in [0.2, 0.25) is 5.89 Å². The van der Waals surface area contributed by atoms with Gasteiger partial charge in [0.25, 0.3) is 0 Å². The molecule has 1 atom stereocenters. The van der Waals surface area contributed by atoms with E-state index in [2.05, 4.69) is 22.0 Å². The van der Waals surface area contributed by atoms with Gasteiger partial charge >= 0.3 is 0 Å². The molecule has 1 aromatic heterocycles. The molecule has 0 aromatic carbocycles. The third-order valence-corrected chi connectivity index (χ3v) is 3.19. The maximum absolute atomic E-state index is 11.0. The summed E-state index contributed by atoms with van der Waals surface area (Å²) in [4.78, 5) is 17.7. The highest BCUT2D eigenvalue weighted by atomic mass is 16.5. The second kappa shape index (κ2) is 5.40. The van der Waals surface area contributed by atoms with E-state index in [1.165, 1.54) is 13.3 Å². The molecule has 5 nitrogen and oxygen atoms in total. The number of hydrogen-bond donors (Lipinski definition) is 0. The van der Waals surface area contributed by atoms with Crippen LogP contribution >= 0.6 is 0 Å². The van der Waals surface area contributed by atoms with Crippen molar-refractivity contribution in [1.82, 2.24) is 15.0 Å². The molecular formula is C12H19N3O2. The summed E-state index contributed by atoms with van der Waals surface area (Å²) in [6, 6.07) is 0. The Morgan fingerprint density at radius 1 is 1.59 bits per heavy atom. The molecule has 0 aliphatic carbocycles. The van der Waals surface area contributed by atoms with Crippen LogP contribution in [0.5, 0.6) is 0 Å². The van der Waals surface area contributed by atoms with Crippen LogP contribution in [0.1, 0.15) is 44.3 Å². The predicted octanol–water partition coefficient (Wildman–Crippen LogP) is 1.40. The molecule has 1 unspecified atom stereocenters. The predicted molar refractivity (Wildman–Crippen MR) is 62.8 cm³/mol. The molecule has 0 amide bonds. The summed E-state index contributed by atoms with van der Waals surface area (Å²) in [6.45, 7) is 6.90. The maximum Gasteiger partial charge on any atom is 0.231 e. The van der Waals surface area contributed by atoms with Crippen LogP contribution in [-0.4, -0.2) is 40.5 Å². The van der Waals surface area contributed by atoms with Gasteiger partial charge in [0, 0.05) is 6.54 Å². The normalized spacial score (nSPS) is 21.6. The Labute approximate surface area is 101 Å². The number of nitrogens with zero attached hydrogens (tertiary/aromatic N) is 3. The van der Waals surface area contributed by atoms with Crippen LogP contribution in [0.3, 0.4) is 0 Å². The summed E-state index contributed by atoms with van der Waals surface area (Å²) in [5.41, 5.74) is 0. The molecule has 0 radical (unpaired) electrons. The minimum atomic E-state index is 0.0659. The quantitative estimate of drug-likeness (QED) is 0.792. The van der Waals surface area contributed by atoms with Crippen LogP contribution in [-0.2, 0) is 11.2 Å². The third kappa shape index (κ3) is 3.12. The average molecular weight is 237 g/mol. The first-order valence-corrected chi connectivity index (χ1v) is 6.23. The Morgan fingerprint density at radius 2 is 2.41 bits per heavy atom. The lowest BCUT2D eigenvalue weighted by atomic mass is 9.98. The number of ketones is 1. The summed E-state index contributed by atoms with van der Waals surface area (Å²) in [7, 11) is 0. The van der Waals surface area contributed by atoms with Crippen molar-refractivity contribution in [2.24, 2.45) is 0 Å². The van der Waals surface area contributed by atoms with Crippen molar-refractivity contribution in [2.45, 2.75) is 39.0 Å². The fourth-order valence-electron chi connectivity index (χ4n) is 2.27. The summed E-state index contributed by atoms with van der Waals surface area (Å²) in [5, 5.41) is 3.86. The van der Waals surface area contributed by atoms with Crippen LogP contribution in [0.25, 0.3) is 0 Å². The Morgan fingerprint density at radius 3 is 3.12 bits per heavy atom. The van der Waals surface area contributed by atoms with Crippen molar-refractivity contribution < 1.29 is 9.32 Å². The van der Waals surface area contributed by atoms with E-state index in [-0.39, 0.29) is 12.2 Å². The molecule has 0 N–H and O–H groups in total. The summed E-state index contributed by atoms with van der Waals surface area (Å²) >= 11 is 0. The summed E-state index contributed by atoms with van der Waals surface area (Å²) in [6.07, 6.45) is 2.54. The number of aromatic nitrogens is 2. The molecule has 1 aliphatic heterocycles. The van der Waals surface area contributed by atoms with Gasteiger partial charge in [0.05, 0.1) is 12.3 Å². The molecule has 1 saturated heterocycles. The van der Waals surface area contributed by atoms with Crippen molar-refractivity contribution in [1.29, 1.82) is 0 Å². The van der Waals surface area contributed by atoms with Crippen molar-refractivity contribution >= 4 is 5.78 Å². The largest absolute Gasteiger partial charge is 0.339 e. The number of piperidine rings is 1. The topological polar surface area (TPSA) is 59.2 Å². The molecule has 0 saturated carbocycles. The third-order valence-electron chi connectivity index (χ3n) is 3.19. The first-order chi connectivity index (χ1) is 8.19. The first-order valence-electron chi connectivity index (χ1n) is 6.23.